The van der Waals surface area contributed by atoms with Gasteiger partial charge in [0, 0.05) is 16.3 Å². The summed E-state index contributed by atoms with van der Waals surface area (Å²) in [5.41, 5.74) is 1.30. The highest BCUT2D eigenvalue weighted by Gasteiger charge is 2.19. The molecule has 0 saturated heterocycles. The van der Waals surface area contributed by atoms with E-state index in [0.717, 1.165) is 14.1 Å². The van der Waals surface area contributed by atoms with Crippen molar-refractivity contribution in [2.75, 3.05) is 22.9 Å². The van der Waals surface area contributed by atoms with E-state index in [0.29, 0.717) is 16.9 Å². The Kier molecular flexibility index (Phi) is 5.07. The molecule has 1 N–H and O–H groups in total. The molecule has 2 rings (SSSR count). The first-order chi connectivity index (χ1) is 10.3. The molecule has 0 saturated carbocycles. The third kappa shape index (κ3) is 3.98. The van der Waals surface area contributed by atoms with Crippen LogP contribution in [-0.4, -0.2) is 27.6 Å². The minimum atomic E-state index is -3.44. The van der Waals surface area contributed by atoms with Gasteiger partial charge in [-0.2, -0.15) is 0 Å². The quantitative estimate of drug-likeness (QED) is 0.759. The van der Waals surface area contributed by atoms with Gasteiger partial charge in [-0.15, -0.1) is 0 Å². The third-order valence-corrected chi connectivity index (χ3v) is 5.00. The van der Waals surface area contributed by atoms with Gasteiger partial charge in [0.05, 0.1) is 17.5 Å². The molecule has 0 atom stereocenters. The van der Waals surface area contributed by atoms with E-state index < -0.39 is 10.0 Å². The van der Waals surface area contributed by atoms with Gasteiger partial charge in [-0.3, -0.25) is 9.10 Å². The van der Waals surface area contributed by atoms with Crippen LogP contribution in [0.25, 0.3) is 0 Å². The van der Waals surface area contributed by atoms with E-state index in [-0.39, 0.29) is 5.91 Å². The Balaban J connectivity index is 2.32. The van der Waals surface area contributed by atoms with Crippen LogP contribution in [0.1, 0.15) is 10.4 Å². The fourth-order valence-electron chi connectivity index (χ4n) is 1.85. The fraction of sp³-hybridized carbons (Fsp3) is 0.133. The molecular formula is C15H15IN2O3S. The smallest absolute Gasteiger partial charge is 0.257 e. The molecule has 1 amide bonds. The fourth-order valence-corrected chi connectivity index (χ4v) is 2.73. The van der Waals surface area contributed by atoms with Gasteiger partial charge in [-0.05, 0) is 59.0 Å². The number of rotatable bonds is 4. The summed E-state index contributed by atoms with van der Waals surface area (Å²) in [7, 11) is -2.02. The maximum Gasteiger partial charge on any atom is 0.257 e. The van der Waals surface area contributed by atoms with Gasteiger partial charge >= 0.3 is 0 Å². The molecule has 0 radical (unpaired) electrons. The van der Waals surface area contributed by atoms with Gasteiger partial charge in [0.2, 0.25) is 10.0 Å². The van der Waals surface area contributed by atoms with E-state index in [2.05, 4.69) is 27.9 Å². The van der Waals surface area contributed by atoms with Crippen LogP contribution in [-0.2, 0) is 10.0 Å². The Labute approximate surface area is 143 Å². The van der Waals surface area contributed by atoms with Crippen molar-refractivity contribution in [2.45, 2.75) is 0 Å². The van der Waals surface area contributed by atoms with Crippen molar-refractivity contribution in [3.63, 3.8) is 0 Å². The van der Waals surface area contributed by atoms with Crippen molar-refractivity contribution in [3.05, 3.63) is 57.7 Å². The molecule has 22 heavy (non-hydrogen) atoms. The van der Waals surface area contributed by atoms with Gasteiger partial charge < -0.3 is 5.32 Å². The van der Waals surface area contributed by atoms with Crippen molar-refractivity contribution in [3.8, 4) is 0 Å². The molecule has 7 heteroatoms. The standard InChI is InChI=1S/C15H15IN2O3S/c1-18(22(2,20)21)14-6-4-3-5-13(14)15(19)17-12-9-7-11(16)8-10-12/h3-10H,1-2H3,(H,17,19). The molecule has 0 spiro atoms. The number of benzene rings is 2. The minimum Gasteiger partial charge on any atom is -0.322 e. The summed E-state index contributed by atoms with van der Waals surface area (Å²) < 4.78 is 25.5. The number of carbonyl (C=O) groups excluding carboxylic acids is 1. The SMILES string of the molecule is CN(c1ccccc1C(=O)Nc1ccc(I)cc1)S(C)(=O)=O. The van der Waals surface area contributed by atoms with Crippen LogP contribution in [0, 0.1) is 3.57 Å². The first-order valence-electron chi connectivity index (χ1n) is 6.39. The number of nitrogens with zero attached hydrogens (tertiary/aromatic N) is 1. The van der Waals surface area contributed by atoms with Crippen molar-refractivity contribution in [2.24, 2.45) is 0 Å². The first-order valence-corrected chi connectivity index (χ1v) is 9.31. The molecule has 0 bridgehead atoms. The van der Waals surface area contributed by atoms with Gasteiger partial charge in [-0.1, -0.05) is 12.1 Å². The average Bonchev–Trinajstić information content (AvgIpc) is 2.48. The molecule has 0 aliphatic rings. The monoisotopic (exact) mass is 430 g/mol. The Bertz CT molecular complexity index is 789. The molecule has 0 aliphatic carbocycles. The van der Waals surface area contributed by atoms with Crippen LogP contribution in [0.15, 0.2) is 48.5 Å². The summed E-state index contributed by atoms with van der Waals surface area (Å²) in [6.07, 6.45) is 1.10. The number of para-hydroxylation sites is 1. The second-order valence-electron chi connectivity index (χ2n) is 4.71. The summed E-state index contributed by atoms with van der Waals surface area (Å²) in [6, 6.07) is 13.9. The Hall–Kier alpha value is -1.61. The highest BCUT2D eigenvalue weighted by molar-refractivity contribution is 14.1. The first kappa shape index (κ1) is 16.8. The summed E-state index contributed by atoms with van der Waals surface area (Å²) in [5, 5.41) is 2.77. The predicted molar refractivity (Wildman–Crippen MR) is 96.8 cm³/mol. The summed E-state index contributed by atoms with van der Waals surface area (Å²) in [6.45, 7) is 0. The highest BCUT2D eigenvalue weighted by Crippen LogP contribution is 2.22. The lowest BCUT2D eigenvalue weighted by Gasteiger charge is -2.19. The van der Waals surface area contributed by atoms with Crippen LogP contribution in [0.4, 0.5) is 11.4 Å². The van der Waals surface area contributed by atoms with Crippen LogP contribution >= 0.6 is 22.6 Å². The molecule has 5 nitrogen and oxygen atoms in total. The number of anilines is 2. The number of halogens is 1. The van der Waals surface area contributed by atoms with E-state index in [4.69, 9.17) is 0 Å². The molecule has 0 aromatic heterocycles. The molecule has 2 aromatic carbocycles. The minimum absolute atomic E-state index is 0.300. The lowest BCUT2D eigenvalue weighted by Crippen LogP contribution is -2.27. The van der Waals surface area contributed by atoms with Gasteiger partial charge in [0.25, 0.3) is 5.91 Å². The third-order valence-electron chi connectivity index (χ3n) is 3.09. The number of nitrogens with one attached hydrogen (secondary N) is 1. The van der Waals surface area contributed by atoms with E-state index in [1.54, 1.807) is 36.4 Å². The maximum absolute atomic E-state index is 12.4. The lowest BCUT2D eigenvalue weighted by molar-refractivity contribution is 0.102. The topological polar surface area (TPSA) is 66.5 Å². The summed E-state index contributed by atoms with van der Waals surface area (Å²) in [4.78, 5) is 12.4. The Morgan fingerprint density at radius 2 is 1.68 bits per heavy atom. The largest absolute Gasteiger partial charge is 0.322 e. The second kappa shape index (κ2) is 6.66. The zero-order valence-corrected chi connectivity index (χ0v) is 15.1. The molecule has 0 fully saturated rings. The number of sulfonamides is 1. The zero-order valence-electron chi connectivity index (χ0n) is 12.1. The van der Waals surface area contributed by atoms with Crippen LogP contribution in [0.2, 0.25) is 0 Å². The van der Waals surface area contributed by atoms with Gasteiger partial charge in [-0.25, -0.2) is 8.42 Å². The van der Waals surface area contributed by atoms with E-state index in [1.165, 1.54) is 7.05 Å². The molecule has 116 valence electrons. The van der Waals surface area contributed by atoms with E-state index in [9.17, 15) is 13.2 Å². The van der Waals surface area contributed by atoms with Crippen LogP contribution < -0.4 is 9.62 Å². The van der Waals surface area contributed by atoms with Gasteiger partial charge in [0.1, 0.15) is 0 Å². The summed E-state index contributed by atoms with van der Waals surface area (Å²) >= 11 is 2.18. The normalized spacial score (nSPS) is 11.0. The zero-order chi connectivity index (χ0) is 16.3. The van der Waals surface area contributed by atoms with Crippen molar-refractivity contribution >= 4 is 49.9 Å². The highest BCUT2D eigenvalue weighted by atomic mass is 127. The molecular weight excluding hydrogens is 415 g/mol. The second-order valence-corrected chi connectivity index (χ2v) is 7.97. The Morgan fingerprint density at radius 3 is 2.27 bits per heavy atom. The maximum atomic E-state index is 12.4. The van der Waals surface area contributed by atoms with Crippen LogP contribution in [0.5, 0.6) is 0 Å². The van der Waals surface area contributed by atoms with E-state index >= 15 is 0 Å². The van der Waals surface area contributed by atoms with Crippen LogP contribution in [0.3, 0.4) is 0 Å². The molecule has 2 aromatic rings. The Morgan fingerprint density at radius 1 is 1.09 bits per heavy atom. The van der Waals surface area contributed by atoms with E-state index in [1.807, 2.05) is 12.1 Å². The number of hydrogen-bond acceptors (Lipinski definition) is 3. The van der Waals surface area contributed by atoms with Gasteiger partial charge in [0.15, 0.2) is 0 Å². The number of amides is 1. The number of hydrogen-bond donors (Lipinski definition) is 1. The molecule has 0 aliphatic heterocycles. The average molecular weight is 430 g/mol. The molecule has 0 unspecified atom stereocenters. The number of carbonyl (C=O) groups is 1. The molecule has 0 heterocycles. The van der Waals surface area contributed by atoms with Crippen molar-refractivity contribution in [1.29, 1.82) is 0 Å². The summed E-state index contributed by atoms with van der Waals surface area (Å²) in [5.74, 6) is -0.354. The lowest BCUT2D eigenvalue weighted by atomic mass is 10.1. The predicted octanol–water partition coefficient (Wildman–Crippen LogP) is 2.94. The van der Waals surface area contributed by atoms with Crippen molar-refractivity contribution < 1.29 is 13.2 Å². The van der Waals surface area contributed by atoms with Crippen molar-refractivity contribution in [1.82, 2.24) is 0 Å².